The molecule has 3 aliphatic rings. The van der Waals surface area contributed by atoms with Crippen molar-refractivity contribution < 1.29 is 5.11 Å². The zero-order valence-electron chi connectivity index (χ0n) is 19.3. The molecule has 31 heavy (non-hydrogen) atoms. The monoisotopic (exact) mass is 421 g/mol. The summed E-state index contributed by atoms with van der Waals surface area (Å²) in [6, 6.07) is 10.3. The molecule has 2 fully saturated rings. The Morgan fingerprint density at radius 1 is 0.935 bits per heavy atom. The van der Waals surface area contributed by atoms with E-state index in [-0.39, 0.29) is 0 Å². The number of hydrogen-bond acceptors (Lipinski definition) is 3. The van der Waals surface area contributed by atoms with Gasteiger partial charge in [-0.2, -0.15) is 0 Å². The van der Waals surface area contributed by atoms with Gasteiger partial charge in [0.1, 0.15) is 5.76 Å². The first kappa shape index (κ1) is 20.9. The topological polar surface area (TPSA) is 31.6 Å². The second-order valence-electron chi connectivity index (χ2n) is 10.5. The molecule has 1 saturated heterocycles. The van der Waals surface area contributed by atoms with Crippen molar-refractivity contribution in [2.75, 3.05) is 19.6 Å². The zero-order chi connectivity index (χ0) is 21.4. The fourth-order valence-electron chi connectivity index (χ4n) is 6.31. The van der Waals surface area contributed by atoms with Crippen molar-refractivity contribution >= 4 is 10.9 Å². The van der Waals surface area contributed by atoms with Gasteiger partial charge in [0.05, 0.1) is 0 Å². The molecule has 0 atom stereocenters. The molecular weight excluding hydrogens is 382 g/mol. The second-order valence-corrected chi connectivity index (χ2v) is 10.5. The summed E-state index contributed by atoms with van der Waals surface area (Å²) in [6.07, 6.45) is 13.3. The van der Waals surface area contributed by atoms with Crippen molar-refractivity contribution in [2.45, 2.75) is 77.4 Å². The van der Waals surface area contributed by atoms with Crippen LogP contribution in [-0.4, -0.2) is 45.1 Å². The SMILES string of the molecule is CC(C)C1CCC(N2CCC(n3cc(CN4C=C(O)CC4)c4ccccc43)CC2)CC1. The van der Waals surface area contributed by atoms with Gasteiger partial charge in [0.25, 0.3) is 0 Å². The van der Waals surface area contributed by atoms with Gasteiger partial charge in [0.2, 0.25) is 0 Å². The van der Waals surface area contributed by atoms with Crippen LogP contribution in [-0.2, 0) is 6.54 Å². The van der Waals surface area contributed by atoms with Crippen LogP contribution in [0.5, 0.6) is 0 Å². The normalized spacial score (nSPS) is 26.2. The summed E-state index contributed by atoms with van der Waals surface area (Å²) in [4.78, 5) is 5.05. The summed E-state index contributed by atoms with van der Waals surface area (Å²) in [7, 11) is 0. The number of fused-ring (bicyclic) bond motifs is 1. The van der Waals surface area contributed by atoms with Gasteiger partial charge in [0.15, 0.2) is 0 Å². The Labute approximate surface area is 187 Å². The largest absolute Gasteiger partial charge is 0.511 e. The average Bonchev–Trinajstić information content (AvgIpc) is 3.38. The number of aliphatic hydroxyl groups excluding tert-OH is 1. The van der Waals surface area contributed by atoms with E-state index >= 15 is 0 Å². The number of likely N-dealkylation sites (tertiary alicyclic amines) is 1. The van der Waals surface area contributed by atoms with E-state index in [0.29, 0.717) is 11.8 Å². The van der Waals surface area contributed by atoms with Crippen LogP contribution in [0.3, 0.4) is 0 Å². The van der Waals surface area contributed by atoms with Gasteiger partial charge >= 0.3 is 0 Å². The number of nitrogens with zero attached hydrogens (tertiary/aromatic N) is 3. The van der Waals surface area contributed by atoms with Gasteiger partial charge in [-0.1, -0.05) is 32.0 Å². The third kappa shape index (κ3) is 4.37. The minimum atomic E-state index is 0.513. The zero-order valence-corrected chi connectivity index (χ0v) is 19.3. The van der Waals surface area contributed by atoms with E-state index in [1.807, 2.05) is 6.20 Å². The minimum absolute atomic E-state index is 0.513. The summed E-state index contributed by atoms with van der Waals surface area (Å²) >= 11 is 0. The number of rotatable bonds is 5. The first-order valence-electron chi connectivity index (χ1n) is 12.5. The van der Waals surface area contributed by atoms with Crippen LogP contribution in [0.25, 0.3) is 10.9 Å². The van der Waals surface area contributed by atoms with Crippen LogP contribution in [0.1, 0.15) is 70.4 Å². The van der Waals surface area contributed by atoms with Crippen LogP contribution in [0.15, 0.2) is 42.4 Å². The molecule has 4 heteroatoms. The smallest absolute Gasteiger partial charge is 0.110 e. The Morgan fingerprint density at radius 2 is 1.68 bits per heavy atom. The highest BCUT2D eigenvalue weighted by atomic mass is 16.3. The number of para-hydroxylation sites is 1. The Morgan fingerprint density at radius 3 is 2.35 bits per heavy atom. The van der Waals surface area contributed by atoms with Crippen molar-refractivity contribution in [3.05, 3.63) is 48.0 Å². The maximum absolute atomic E-state index is 9.78. The lowest BCUT2D eigenvalue weighted by Gasteiger charge is -2.42. The summed E-state index contributed by atoms with van der Waals surface area (Å²) < 4.78 is 2.57. The lowest BCUT2D eigenvalue weighted by molar-refractivity contribution is 0.0893. The van der Waals surface area contributed by atoms with Crippen LogP contribution >= 0.6 is 0 Å². The highest BCUT2D eigenvalue weighted by molar-refractivity contribution is 5.84. The number of aliphatic hydroxyl groups is 1. The standard InChI is InChI=1S/C27H39N3O/c1-20(2)21-7-9-23(10-8-21)29-15-11-24(12-16-29)30-18-22(17-28-14-13-25(31)19-28)26-5-3-4-6-27(26)30/h3-6,18-21,23-24,31H,7-17H2,1-2H3. The predicted octanol–water partition coefficient (Wildman–Crippen LogP) is 6.10. The number of hydrogen-bond donors (Lipinski definition) is 1. The number of benzene rings is 1. The Kier molecular flexibility index (Phi) is 6.01. The second kappa shape index (κ2) is 8.90. The molecule has 0 radical (unpaired) electrons. The molecule has 1 N–H and O–H groups in total. The van der Waals surface area contributed by atoms with Crippen molar-refractivity contribution in [3.8, 4) is 0 Å². The molecule has 2 aromatic rings. The van der Waals surface area contributed by atoms with E-state index in [9.17, 15) is 5.11 Å². The van der Waals surface area contributed by atoms with Gasteiger partial charge in [-0.25, -0.2) is 0 Å². The molecule has 1 saturated carbocycles. The molecule has 0 unspecified atom stereocenters. The highest BCUT2D eigenvalue weighted by Crippen LogP contribution is 2.36. The van der Waals surface area contributed by atoms with Crippen molar-refractivity contribution in [1.29, 1.82) is 0 Å². The first-order valence-corrected chi connectivity index (χ1v) is 12.5. The van der Waals surface area contributed by atoms with Crippen molar-refractivity contribution in [1.82, 2.24) is 14.4 Å². The lowest BCUT2D eigenvalue weighted by atomic mass is 9.79. The molecule has 5 rings (SSSR count). The molecule has 0 spiro atoms. The number of piperidine rings is 1. The molecule has 1 aliphatic carbocycles. The van der Waals surface area contributed by atoms with E-state index in [0.717, 1.165) is 37.4 Å². The summed E-state index contributed by atoms with van der Waals surface area (Å²) in [5.41, 5.74) is 2.76. The highest BCUT2D eigenvalue weighted by Gasteiger charge is 2.30. The third-order valence-corrected chi connectivity index (χ3v) is 8.28. The van der Waals surface area contributed by atoms with Gasteiger partial charge in [-0.3, -0.25) is 0 Å². The Balaban J connectivity index is 1.26. The van der Waals surface area contributed by atoms with Crippen LogP contribution in [0, 0.1) is 11.8 Å². The van der Waals surface area contributed by atoms with Crippen LogP contribution in [0.2, 0.25) is 0 Å². The first-order chi connectivity index (χ1) is 15.1. The maximum Gasteiger partial charge on any atom is 0.110 e. The fraction of sp³-hybridized carbons (Fsp3) is 0.630. The van der Waals surface area contributed by atoms with E-state index in [1.165, 1.54) is 68.1 Å². The van der Waals surface area contributed by atoms with Gasteiger partial charge in [0, 0.05) is 68.0 Å². The maximum atomic E-state index is 9.78. The molecule has 3 heterocycles. The van der Waals surface area contributed by atoms with Gasteiger partial charge < -0.3 is 19.5 Å². The Hall–Kier alpha value is -1.94. The molecule has 168 valence electrons. The molecular formula is C27H39N3O. The van der Waals surface area contributed by atoms with Crippen LogP contribution < -0.4 is 0 Å². The Bertz CT molecular complexity index is 914. The third-order valence-electron chi connectivity index (χ3n) is 8.28. The molecule has 0 amide bonds. The molecule has 2 aliphatic heterocycles. The van der Waals surface area contributed by atoms with E-state index < -0.39 is 0 Å². The number of aromatic nitrogens is 1. The molecule has 1 aromatic carbocycles. The average molecular weight is 422 g/mol. The minimum Gasteiger partial charge on any atom is -0.511 e. The van der Waals surface area contributed by atoms with Crippen LogP contribution in [0.4, 0.5) is 0 Å². The summed E-state index contributed by atoms with van der Waals surface area (Å²) in [5.74, 6) is 2.31. The van der Waals surface area contributed by atoms with E-state index in [1.54, 1.807) is 0 Å². The fourth-order valence-corrected chi connectivity index (χ4v) is 6.31. The van der Waals surface area contributed by atoms with E-state index in [4.69, 9.17) is 0 Å². The van der Waals surface area contributed by atoms with Gasteiger partial charge in [-0.15, -0.1) is 0 Å². The molecule has 0 bridgehead atoms. The molecule has 4 nitrogen and oxygen atoms in total. The predicted molar refractivity (Wildman–Crippen MR) is 128 cm³/mol. The van der Waals surface area contributed by atoms with Gasteiger partial charge in [-0.05, 0) is 62.0 Å². The van der Waals surface area contributed by atoms with E-state index in [2.05, 4.69) is 58.7 Å². The summed E-state index contributed by atoms with van der Waals surface area (Å²) in [6.45, 7) is 9.08. The van der Waals surface area contributed by atoms with Crippen molar-refractivity contribution in [2.24, 2.45) is 11.8 Å². The van der Waals surface area contributed by atoms with Crippen molar-refractivity contribution in [3.63, 3.8) is 0 Å². The lowest BCUT2D eigenvalue weighted by Crippen LogP contribution is -2.43. The molecule has 1 aromatic heterocycles. The summed E-state index contributed by atoms with van der Waals surface area (Å²) in [5, 5.41) is 11.2. The quantitative estimate of drug-likeness (QED) is 0.633.